The summed E-state index contributed by atoms with van der Waals surface area (Å²) in [5.74, 6) is 1.49. The molecule has 1 saturated heterocycles. The number of fused-ring (bicyclic) bond motifs is 1. The number of benzene rings is 2. The molecule has 5 nitrogen and oxygen atoms in total. The van der Waals surface area contributed by atoms with Crippen molar-refractivity contribution >= 4 is 17.5 Å². The molecule has 0 spiro atoms. The molecule has 134 valence electrons. The van der Waals surface area contributed by atoms with Crippen LogP contribution < -0.4 is 14.4 Å². The molecule has 2 fully saturated rings. The standard InChI is InChI=1S/C21H21NO4/c1-25-18-8-4-5-9-19(18)26-15-12-10-14(11-13-15)22-20(23)16-6-2-3-7-17(16)21(22)24/h4-5,8-13,16-17H,2-3,6-7H2,1H3. The molecule has 26 heavy (non-hydrogen) atoms. The van der Waals surface area contributed by atoms with Crippen molar-refractivity contribution in [2.45, 2.75) is 25.7 Å². The minimum atomic E-state index is -0.138. The lowest BCUT2D eigenvalue weighted by Gasteiger charge is -2.19. The van der Waals surface area contributed by atoms with E-state index in [0.29, 0.717) is 22.9 Å². The molecule has 1 aliphatic carbocycles. The number of hydrogen-bond donors (Lipinski definition) is 0. The summed E-state index contributed by atoms with van der Waals surface area (Å²) in [7, 11) is 1.59. The molecule has 2 amide bonds. The van der Waals surface area contributed by atoms with Crippen LogP contribution in [0.2, 0.25) is 0 Å². The number of amides is 2. The first-order valence-corrected chi connectivity index (χ1v) is 8.98. The number of carbonyl (C=O) groups excluding carboxylic acids is 2. The third kappa shape index (κ3) is 2.83. The first-order chi connectivity index (χ1) is 12.7. The lowest BCUT2D eigenvalue weighted by Crippen LogP contribution is -2.30. The predicted octanol–water partition coefficient (Wildman–Crippen LogP) is 4.17. The fraction of sp³-hybridized carbons (Fsp3) is 0.333. The van der Waals surface area contributed by atoms with E-state index >= 15 is 0 Å². The molecule has 2 aromatic rings. The summed E-state index contributed by atoms with van der Waals surface area (Å²) in [6, 6.07) is 14.5. The van der Waals surface area contributed by atoms with Gasteiger partial charge in [0.05, 0.1) is 24.6 Å². The molecule has 1 aliphatic heterocycles. The third-order valence-corrected chi connectivity index (χ3v) is 5.23. The summed E-state index contributed by atoms with van der Waals surface area (Å²) in [6.07, 6.45) is 3.70. The molecule has 2 aromatic carbocycles. The highest BCUT2D eigenvalue weighted by Crippen LogP contribution is 2.40. The van der Waals surface area contributed by atoms with Crippen molar-refractivity contribution < 1.29 is 19.1 Å². The van der Waals surface area contributed by atoms with Crippen LogP contribution in [-0.4, -0.2) is 18.9 Å². The van der Waals surface area contributed by atoms with E-state index in [1.807, 2.05) is 24.3 Å². The van der Waals surface area contributed by atoms with Crippen molar-refractivity contribution in [1.82, 2.24) is 0 Å². The van der Waals surface area contributed by atoms with E-state index in [9.17, 15) is 9.59 Å². The van der Waals surface area contributed by atoms with Gasteiger partial charge in [0.2, 0.25) is 11.8 Å². The molecular formula is C21H21NO4. The van der Waals surface area contributed by atoms with Crippen LogP contribution in [0.15, 0.2) is 48.5 Å². The number of rotatable bonds is 4. The zero-order chi connectivity index (χ0) is 18.1. The summed E-state index contributed by atoms with van der Waals surface area (Å²) in [5.41, 5.74) is 0.613. The van der Waals surface area contributed by atoms with Crippen molar-refractivity contribution in [3.8, 4) is 17.2 Å². The number of nitrogens with zero attached hydrogens (tertiary/aromatic N) is 1. The SMILES string of the molecule is COc1ccccc1Oc1ccc(N2C(=O)C3CCCCC3C2=O)cc1. The first-order valence-electron chi connectivity index (χ1n) is 8.98. The van der Waals surface area contributed by atoms with Crippen LogP contribution in [0.3, 0.4) is 0 Å². The second kappa shape index (κ2) is 6.83. The molecule has 0 aromatic heterocycles. The van der Waals surface area contributed by atoms with Crippen LogP contribution in [0.25, 0.3) is 0 Å². The highest BCUT2D eigenvalue weighted by Gasteiger charge is 2.48. The van der Waals surface area contributed by atoms with Crippen molar-refractivity contribution in [2.24, 2.45) is 11.8 Å². The minimum Gasteiger partial charge on any atom is -0.493 e. The number of hydrogen-bond acceptors (Lipinski definition) is 4. The molecule has 4 rings (SSSR count). The van der Waals surface area contributed by atoms with Gasteiger partial charge in [0.25, 0.3) is 0 Å². The molecule has 2 atom stereocenters. The Kier molecular flexibility index (Phi) is 4.37. The van der Waals surface area contributed by atoms with Gasteiger partial charge in [0.1, 0.15) is 5.75 Å². The van der Waals surface area contributed by atoms with Gasteiger partial charge < -0.3 is 9.47 Å². The molecule has 5 heteroatoms. The van der Waals surface area contributed by atoms with Gasteiger partial charge in [-0.25, -0.2) is 0 Å². The number of carbonyl (C=O) groups is 2. The lowest BCUT2D eigenvalue weighted by molar-refractivity contribution is -0.122. The largest absolute Gasteiger partial charge is 0.493 e. The Morgan fingerprint density at radius 1 is 0.846 bits per heavy atom. The molecule has 0 radical (unpaired) electrons. The van der Waals surface area contributed by atoms with Crippen LogP contribution in [0, 0.1) is 11.8 Å². The monoisotopic (exact) mass is 351 g/mol. The summed E-state index contributed by atoms with van der Waals surface area (Å²) in [5, 5.41) is 0. The van der Waals surface area contributed by atoms with Crippen molar-refractivity contribution in [3.05, 3.63) is 48.5 Å². The van der Waals surface area contributed by atoms with E-state index < -0.39 is 0 Å². The fourth-order valence-corrected chi connectivity index (χ4v) is 3.91. The van der Waals surface area contributed by atoms with E-state index in [4.69, 9.17) is 9.47 Å². The number of anilines is 1. The average Bonchev–Trinajstić information content (AvgIpc) is 2.94. The Morgan fingerprint density at radius 2 is 1.42 bits per heavy atom. The molecule has 1 saturated carbocycles. The van der Waals surface area contributed by atoms with Crippen LogP contribution >= 0.6 is 0 Å². The van der Waals surface area contributed by atoms with Gasteiger partial charge in [-0.15, -0.1) is 0 Å². The lowest BCUT2D eigenvalue weighted by atomic mass is 9.81. The van der Waals surface area contributed by atoms with Gasteiger partial charge in [-0.1, -0.05) is 25.0 Å². The maximum absolute atomic E-state index is 12.7. The van der Waals surface area contributed by atoms with Crippen LogP contribution in [0.5, 0.6) is 17.2 Å². The third-order valence-electron chi connectivity index (χ3n) is 5.23. The Labute approximate surface area is 152 Å². The van der Waals surface area contributed by atoms with Gasteiger partial charge in [-0.3, -0.25) is 14.5 Å². The van der Waals surface area contributed by atoms with E-state index in [1.165, 1.54) is 4.90 Å². The van der Waals surface area contributed by atoms with Crippen molar-refractivity contribution in [2.75, 3.05) is 12.0 Å². The Morgan fingerprint density at radius 3 is 2.00 bits per heavy atom. The summed E-state index contributed by atoms with van der Waals surface area (Å²) in [4.78, 5) is 26.7. The van der Waals surface area contributed by atoms with E-state index in [2.05, 4.69) is 0 Å². The Hall–Kier alpha value is -2.82. The van der Waals surface area contributed by atoms with Crippen LogP contribution in [-0.2, 0) is 9.59 Å². The highest BCUT2D eigenvalue weighted by atomic mass is 16.5. The zero-order valence-electron chi connectivity index (χ0n) is 14.7. The van der Waals surface area contributed by atoms with Gasteiger partial charge >= 0.3 is 0 Å². The first kappa shape index (κ1) is 16.6. The highest BCUT2D eigenvalue weighted by molar-refractivity contribution is 6.22. The summed E-state index contributed by atoms with van der Waals surface area (Å²) in [6.45, 7) is 0. The minimum absolute atomic E-state index is 0.0573. The number of imide groups is 1. The quantitative estimate of drug-likeness (QED) is 0.776. The topological polar surface area (TPSA) is 55.8 Å². The smallest absolute Gasteiger partial charge is 0.237 e. The maximum atomic E-state index is 12.7. The second-order valence-corrected chi connectivity index (χ2v) is 6.76. The van der Waals surface area contributed by atoms with Crippen LogP contribution in [0.4, 0.5) is 5.69 Å². The van der Waals surface area contributed by atoms with Gasteiger partial charge in [0, 0.05) is 0 Å². The fourth-order valence-electron chi connectivity index (χ4n) is 3.91. The molecule has 0 bridgehead atoms. The zero-order valence-corrected chi connectivity index (χ0v) is 14.7. The molecule has 2 unspecified atom stereocenters. The van der Waals surface area contributed by atoms with Gasteiger partial charge in [-0.2, -0.15) is 0 Å². The number of para-hydroxylation sites is 2. The maximum Gasteiger partial charge on any atom is 0.237 e. The summed E-state index contributed by atoms with van der Waals surface area (Å²) >= 11 is 0. The van der Waals surface area contributed by atoms with E-state index in [0.717, 1.165) is 25.7 Å². The van der Waals surface area contributed by atoms with Crippen LogP contribution in [0.1, 0.15) is 25.7 Å². The molecular weight excluding hydrogens is 330 g/mol. The van der Waals surface area contributed by atoms with Crippen molar-refractivity contribution in [3.63, 3.8) is 0 Å². The van der Waals surface area contributed by atoms with Gasteiger partial charge in [-0.05, 0) is 49.2 Å². The number of methoxy groups -OCH3 is 1. The van der Waals surface area contributed by atoms with E-state index in [-0.39, 0.29) is 23.7 Å². The molecule has 0 N–H and O–H groups in total. The number of ether oxygens (including phenoxy) is 2. The second-order valence-electron chi connectivity index (χ2n) is 6.76. The normalized spacial score (nSPS) is 22.3. The van der Waals surface area contributed by atoms with Crippen molar-refractivity contribution in [1.29, 1.82) is 0 Å². The molecule has 1 heterocycles. The average molecular weight is 351 g/mol. The predicted molar refractivity (Wildman–Crippen MR) is 97.5 cm³/mol. The Balaban J connectivity index is 1.54. The molecule has 2 aliphatic rings. The van der Waals surface area contributed by atoms with Gasteiger partial charge in [0.15, 0.2) is 11.5 Å². The Bertz CT molecular complexity index is 806. The summed E-state index contributed by atoms with van der Waals surface area (Å²) < 4.78 is 11.1. The van der Waals surface area contributed by atoms with E-state index in [1.54, 1.807) is 31.4 Å².